The third-order valence-electron chi connectivity index (χ3n) is 2.82. The van der Waals surface area contributed by atoms with Crippen LogP contribution in [0.3, 0.4) is 0 Å². The fourth-order valence-electron chi connectivity index (χ4n) is 1.74. The summed E-state index contributed by atoms with van der Waals surface area (Å²) in [6, 6.07) is 5.35. The van der Waals surface area contributed by atoms with E-state index in [1.165, 1.54) is 26.4 Å². The van der Waals surface area contributed by atoms with Crippen LogP contribution in [-0.4, -0.2) is 29.9 Å². The molecule has 0 radical (unpaired) electrons. The fraction of sp³-hybridized carbons (Fsp3) is 0.538. The van der Waals surface area contributed by atoms with Gasteiger partial charge >= 0.3 is 15.7 Å². The molecule has 0 aliphatic heterocycles. The molecule has 0 heterocycles. The quantitative estimate of drug-likeness (QED) is 0.725. The summed E-state index contributed by atoms with van der Waals surface area (Å²) < 4.78 is 53.3. The van der Waals surface area contributed by atoms with Crippen LogP contribution in [-0.2, 0) is 25.9 Å². The second-order valence-corrected chi connectivity index (χ2v) is 6.24. The van der Waals surface area contributed by atoms with E-state index in [4.69, 9.17) is 13.3 Å². The van der Waals surface area contributed by atoms with Crippen LogP contribution in [0.15, 0.2) is 24.3 Å². The zero-order valence-electron chi connectivity index (χ0n) is 11.7. The smallest absolute Gasteiger partial charge is 0.379 e. The van der Waals surface area contributed by atoms with E-state index in [2.05, 4.69) is 0 Å². The molecule has 1 rings (SSSR count). The van der Waals surface area contributed by atoms with Crippen LogP contribution in [0, 0.1) is 0 Å². The molecule has 0 bridgehead atoms. The van der Waals surface area contributed by atoms with E-state index in [1.807, 2.05) is 6.92 Å². The SMILES string of the molecule is CO[SiH](OC)OC(C)CCc1cccc(C(F)(F)F)c1. The van der Waals surface area contributed by atoms with E-state index in [0.29, 0.717) is 18.4 Å². The van der Waals surface area contributed by atoms with Crippen molar-refractivity contribution in [3.8, 4) is 0 Å². The van der Waals surface area contributed by atoms with E-state index < -0.39 is 21.3 Å². The number of benzene rings is 1. The van der Waals surface area contributed by atoms with Crippen molar-refractivity contribution in [3.05, 3.63) is 35.4 Å². The summed E-state index contributed by atoms with van der Waals surface area (Å²) in [7, 11) is 0.935. The van der Waals surface area contributed by atoms with Crippen molar-refractivity contribution in [2.24, 2.45) is 0 Å². The molecule has 3 nitrogen and oxygen atoms in total. The molecular weight excluding hydrogens is 289 g/mol. The molecule has 7 heteroatoms. The average molecular weight is 308 g/mol. The van der Waals surface area contributed by atoms with E-state index in [-0.39, 0.29) is 6.10 Å². The summed E-state index contributed by atoms with van der Waals surface area (Å²) in [6.45, 7) is 1.85. The Morgan fingerprint density at radius 3 is 2.40 bits per heavy atom. The van der Waals surface area contributed by atoms with Crippen LogP contribution in [0.4, 0.5) is 13.2 Å². The monoisotopic (exact) mass is 308 g/mol. The van der Waals surface area contributed by atoms with Crippen molar-refractivity contribution in [2.45, 2.75) is 32.0 Å². The molecule has 1 aromatic rings. The molecular formula is C13H19F3O3Si. The van der Waals surface area contributed by atoms with Crippen molar-refractivity contribution in [1.82, 2.24) is 0 Å². The number of hydrogen-bond acceptors (Lipinski definition) is 3. The van der Waals surface area contributed by atoms with Crippen molar-refractivity contribution in [2.75, 3.05) is 14.2 Å². The lowest BCUT2D eigenvalue weighted by Gasteiger charge is -2.18. The molecule has 0 aliphatic rings. The molecule has 0 fully saturated rings. The molecule has 1 aromatic carbocycles. The van der Waals surface area contributed by atoms with Gasteiger partial charge in [0.05, 0.1) is 5.56 Å². The van der Waals surface area contributed by atoms with Gasteiger partial charge < -0.3 is 13.3 Å². The highest BCUT2D eigenvalue weighted by molar-refractivity contribution is 6.36. The number of rotatable bonds is 7. The standard InChI is InChI=1S/C13H19F3O3Si/c1-10(19-20(17-2)18-3)7-8-11-5-4-6-12(9-11)13(14,15)16/h4-6,9-10,20H,7-8H2,1-3H3. The summed E-state index contributed by atoms with van der Waals surface area (Å²) in [5.41, 5.74) is 0.0212. The van der Waals surface area contributed by atoms with Gasteiger partial charge in [0.15, 0.2) is 0 Å². The Morgan fingerprint density at radius 1 is 1.20 bits per heavy atom. The van der Waals surface area contributed by atoms with Crippen LogP contribution in [0.25, 0.3) is 0 Å². The van der Waals surface area contributed by atoms with Gasteiger partial charge in [0, 0.05) is 20.3 Å². The Hall–Kier alpha value is -0.893. The Morgan fingerprint density at radius 2 is 1.85 bits per heavy atom. The minimum absolute atomic E-state index is 0.124. The summed E-state index contributed by atoms with van der Waals surface area (Å²) in [6.07, 6.45) is -3.31. The van der Waals surface area contributed by atoms with Crippen LogP contribution in [0.5, 0.6) is 0 Å². The number of aryl methyl sites for hydroxylation is 1. The number of alkyl halides is 3. The molecule has 1 unspecified atom stereocenters. The van der Waals surface area contributed by atoms with E-state index >= 15 is 0 Å². The van der Waals surface area contributed by atoms with Crippen molar-refractivity contribution in [3.63, 3.8) is 0 Å². The molecule has 0 aliphatic carbocycles. The maximum absolute atomic E-state index is 12.6. The van der Waals surface area contributed by atoms with Gasteiger partial charge in [-0.15, -0.1) is 0 Å². The minimum Gasteiger partial charge on any atom is -0.379 e. The molecule has 0 saturated carbocycles. The summed E-state index contributed by atoms with van der Waals surface area (Å²) in [5.74, 6) is 0. The van der Waals surface area contributed by atoms with Crippen LogP contribution < -0.4 is 0 Å². The first-order chi connectivity index (χ1) is 9.36. The van der Waals surface area contributed by atoms with Gasteiger partial charge in [0.2, 0.25) is 0 Å². The number of halogens is 3. The van der Waals surface area contributed by atoms with Crippen molar-refractivity contribution >= 4 is 9.53 Å². The molecule has 0 saturated heterocycles. The molecule has 0 aromatic heterocycles. The fourth-order valence-corrected chi connectivity index (χ4v) is 2.67. The molecule has 20 heavy (non-hydrogen) atoms. The van der Waals surface area contributed by atoms with Gasteiger partial charge in [-0.1, -0.05) is 18.2 Å². The Bertz CT molecular complexity index is 408. The average Bonchev–Trinajstić information content (AvgIpc) is 2.42. The highest BCUT2D eigenvalue weighted by Crippen LogP contribution is 2.29. The van der Waals surface area contributed by atoms with Crippen LogP contribution in [0.2, 0.25) is 0 Å². The highest BCUT2D eigenvalue weighted by atomic mass is 28.3. The van der Waals surface area contributed by atoms with Crippen LogP contribution in [0.1, 0.15) is 24.5 Å². The summed E-state index contributed by atoms with van der Waals surface area (Å²) in [4.78, 5) is 0. The normalized spacial score (nSPS) is 13.8. The van der Waals surface area contributed by atoms with Crippen molar-refractivity contribution in [1.29, 1.82) is 0 Å². The lowest BCUT2D eigenvalue weighted by Crippen LogP contribution is -2.28. The lowest BCUT2D eigenvalue weighted by atomic mass is 10.0. The van der Waals surface area contributed by atoms with Crippen LogP contribution >= 0.6 is 0 Å². The first-order valence-corrected chi connectivity index (χ1v) is 7.65. The second kappa shape index (κ2) is 7.77. The second-order valence-electron chi connectivity index (χ2n) is 4.44. The Balaban J connectivity index is 2.53. The molecule has 0 spiro atoms. The molecule has 0 N–H and O–H groups in total. The van der Waals surface area contributed by atoms with Gasteiger partial charge in [-0.3, -0.25) is 0 Å². The molecule has 1 atom stereocenters. The van der Waals surface area contributed by atoms with E-state index in [9.17, 15) is 13.2 Å². The van der Waals surface area contributed by atoms with E-state index in [0.717, 1.165) is 6.07 Å². The summed E-state index contributed by atoms with van der Waals surface area (Å²) in [5, 5.41) is 0. The first-order valence-electron chi connectivity index (χ1n) is 6.24. The largest absolute Gasteiger partial charge is 0.483 e. The third-order valence-corrected chi connectivity index (χ3v) is 4.28. The van der Waals surface area contributed by atoms with Gasteiger partial charge in [-0.05, 0) is 31.4 Å². The van der Waals surface area contributed by atoms with Crippen molar-refractivity contribution < 1.29 is 26.4 Å². The predicted octanol–water partition coefficient (Wildman–Crippen LogP) is 3.05. The van der Waals surface area contributed by atoms with Gasteiger partial charge in [-0.2, -0.15) is 13.2 Å². The minimum atomic E-state index is -4.30. The number of hydrogen-bond donors (Lipinski definition) is 0. The maximum Gasteiger partial charge on any atom is 0.483 e. The first kappa shape index (κ1) is 17.2. The predicted molar refractivity (Wildman–Crippen MR) is 71.5 cm³/mol. The highest BCUT2D eigenvalue weighted by Gasteiger charge is 2.30. The third kappa shape index (κ3) is 5.62. The topological polar surface area (TPSA) is 27.7 Å². The molecule has 0 amide bonds. The Labute approximate surface area is 118 Å². The summed E-state index contributed by atoms with van der Waals surface area (Å²) >= 11 is 0. The van der Waals surface area contributed by atoms with E-state index in [1.54, 1.807) is 6.07 Å². The van der Waals surface area contributed by atoms with Gasteiger partial charge in [0.25, 0.3) is 0 Å². The molecule has 114 valence electrons. The zero-order chi connectivity index (χ0) is 15.2. The zero-order valence-corrected chi connectivity index (χ0v) is 12.9. The van der Waals surface area contributed by atoms with Gasteiger partial charge in [-0.25, -0.2) is 0 Å². The Kier molecular flexibility index (Phi) is 6.67. The maximum atomic E-state index is 12.6. The lowest BCUT2D eigenvalue weighted by molar-refractivity contribution is -0.137. The van der Waals surface area contributed by atoms with Gasteiger partial charge in [0.1, 0.15) is 0 Å².